The van der Waals surface area contributed by atoms with E-state index in [1.54, 1.807) is 6.92 Å². The molecule has 1 aliphatic carbocycles. The first-order valence-corrected chi connectivity index (χ1v) is 10.8. The second kappa shape index (κ2) is 9.34. The Morgan fingerprint density at radius 1 is 1.29 bits per heavy atom. The molecule has 0 radical (unpaired) electrons. The fourth-order valence-electron chi connectivity index (χ4n) is 3.71. The molecule has 1 aromatic heterocycles. The van der Waals surface area contributed by atoms with Crippen LogP contribution in [-0.2, 0) is 28.9 Å². The van der Waals surface area contributed by atoms with E-state index in [0.717, 1.165) is 36.3 Å². The zero-order valence-electron chi connectivity index (χ0n) is 16.8. The summed E-state index contributed by atoms with van der Waals surface area (Å²) in [6.45, 7) is 5.48. The number of esters is 1. The number of hydrogen-bond acceptors (Lipinski definition) is 4. The molecule has 28 heavy (non-hydrogen) atoms. The van der Waals surface area contributed by atoms with E-state index in [-0.39, 0.29) is 11.9 Å². The molecule has 6 heteroatoms. The number of likely N-dealkylation sites (N-methyl/N-ethyl adjacent to an activating group) is 1. The Hall–Kier alpha value is -2.18. The van der Waals surface area contributed by atoms with Gasteiger partial charge in [0.05, 0.1) is 19.2 Å². The molecule has 0 saturated heterocycles. The maximum absolute atomic E-state index is 12.6. The lowest BCUT2D eigenvalue weighted by atomic mass is 9.88. The van der Waals surface area contributed by atoms with Gasteiger partial charge in [0, 0.05) is 10.4 Å². The van der Waals surface area contributed by atoms with Gasteiger partial charge < -0.3 is 15.0 Å². The number of amides is 1. The number of thiophene rings is 1. The lowest BCUT2D eigenvalue weighted by Gasteiger charge is -2.18. The summed E-state index contributed by atoms with van der Waals surface area (Å²) in [7, 11) is 2.00. The van der Waals surface area contributed by atoms with Gasteiger partial charge in [-0.05, 0) is 37.7 Å². The van der Waals surface area contributed by atoms with Gasteiger partial charge in [0.1, 0.15) is 11.5 Å². The highest BCUT2D eigenvalue weighted by Crippen LogP contribution is 2.40. The van der Waals surface area contributed by atoms with Crippen molar-refractivity contribution in [1.82, 2.24) is 0 Å². The normalized spacial score (nSPS) is 16.9. The van der Waals surface area contributed by atoms with E-state index >= 15 is 0 Å². The fourth-order valence-corrected chi connectivity index (χ4v) is 5.12. The molecule has 0 aliphatic heterocycles. The molecule has 1 aromatic carbocycles. The highest BCUT2D eigenvalue weighted by Gasteiger charge is 2.29. The van der Waals surface area contributed by atoms with Gasteiger partial charge in [0.2, 0.25) is 0 Å². The molecule has 2 aromatic rings. The van der Waals surface area contributed by atoms with Crippen molar-refractivity contribution in [1.29, 1.82) is 0 Å². The van der Waals surface area contributed by atoms with Gasteiger partial charge >= 0.3 is 5.97 Å². The van der Waals surface area contributed by atoms with Crippen LogP contribution in [-0.4, -0.2) is 32.1 Å². The van der Waals surface area contributed by atoms with Gasteiger partial charge in [-0.25, -0.2) is 4.79 Å². The molecule has 0 saturated carbocycles. The molecule has 2 atom stereocenters. The average Bonchev–Trinajstić information content (AvgIpc) is 2.99. The Balaban J connectivity index is 1.71. The summed E-state index contributed by atoms with van der Waals surface area (Å²) in [5.74, 6) is 0.201. The summed E-state index contributed by atoms with van der Waals surface area (Å²) in [4.78, 5) is 27.5. The van der Waals surface area contributed by atoms with E-state index in [4.69, 9.17) is 4.74 Å². The third kappa shape index (κ3) is 5.00. The third-order valence-corrected chi connectivity index (χ3v) is 6.23. The van der Waals surface area contributed by atoms with Gasteiger partial charge in [-0.3, -0.25) is 4.79 Å². The molecule has 150 valence electrons. The van der Waals surface area contributed by atoms with Crippen LogP contribution in [0.4, 0.5) is 5.00 Å². The topological polar surface area (TPSA) is 59.8 Å². The van der Waals surface area contributed by atoms with E-state index in [1.165, 1.54) is 21.8 Å². The van der Waals surface area contributed by atoms with Crippen LogP contribution in [0.5, 0.6) is 0 Å². The Kier molecular flexibility index (Phi) is 6.86. The summed E-state index contributed by atoms with van der Waals surface area (Å²) in [5, 5.41) is 3.64. The van der Waals surface area contributed by atoms with E-state index in [2.05, 4.69) is 24.4 Å². The summed E-state index contributed by atoms with van der Waals surface area (Å²) >= 11 is 1.54. The van der Waals surface area contributed by atoms with Crippen LogP contribution < -0.4 is 10.2 Å². The number of rotatable bonds is 7. The van der Waals surface area contributed by atoms with E-state index in [0.29, 0.717) is 29.6 Å². The van der Waals surface area contributed by atoms with Crippen molar-refractivity contribution in [3.05, 3.63) is 51.9 Å². The van der Waals surface area contributed by atoms with E-state index in [9.17, 15) is 9.59 Å². The molecular formula is C22H29N2O3S+. The van der Waals surface area contributed by atoms with Crippen molar-refractivity contribution < 1.29 is 19.2 Å². The predicted octanol–water partition coefficient (Wildman–Crippen LogP) is 2.70. The minimum atomic E-state index is -0.324. The van der Waals surface area contributed by atoms with Crippen LogP contribution in [0.15, 0.2) is 30.3 Å². The van der Waals surface area contributed by atoms with Gasteiger partial charge in [-0.1, -0.05) is 37.3 Å². The highest BCUT2D eigenvalue weighted by molar-refractivity contribution is 7.17. The average molecular weight is 402 g/mol. The number of hydrogen-bond donors (Lipinski definition) is 2. The van der Waals surface area contributed by atoms with Crippen molar-refractivity contribution >= 4 is 28.2 Å². The number of quaternary nitrogens is 1. The van der Waals surface area contributed by atoms with E-state index in [1.807, 2.05) is 25.2 Å². The quantitative estimate of drug-likeness (QED) is 0.702. The number of carbonyl (C=O) groups is 2. The summed E-state index contributed by atoms with van der Waals surface area (Å²) < 4.78 is 5.27. The second-order valence-corrected chi connectivity index (χ2v) is 8.73. The van der Waals surface area contributed by atoms with Gasteiger partial charge in [-0.15, -0.1) is 11.3 Å². The number of nitrogens with one attached hydrogen (secondary N) is 2. The minimum absolute atomic E-state index is 0.0781. The smallest absolute Gasteiger partial charge is 0.341 e. The second-order valence-electron chi connectivity index (χ2n) is 7.62. The van der Waals surface area contributed by atoms with Crippen LogP contribution in [0, 0.1) is 5.92 Å². The van der Waals surface area contributed by atoms with Gasteiger partial charge in [0.25, 0.3) is 5.91 Å². The van der Waals surface area contributed by atoms with Gasteiger partial charge in [-0.2, -0.15) is 0 Å². The summed E-state index contributed by atoms with van der Waals surface area (Å²) in [5.41, 5.74) is 2.84. The van der Waals surface area contributed by atoms with Crippen molar-refractivity contribution in [3.63, 3.8) is 0 Å². The minimum Gasteiger partial charge on any atom is -0.462 e. The summed E-state index contributed by atoms with van der Waals surface area (Å²) in [6.07, 6.45) is 2.89. The zero-order chi connectivity index (χ0) is 20.1. The van der Waals surface area contributed by atoms with Crippen LogP contribution in [0.2, 0.25) is 0 Å². The fraction of sp³-hybridized carbons (Fsp3) is 0.455. The van der Waals surface area contributed by atoms with E-state index < -0.39 is 0 Å². The molecule has 3 rings (SSSR count). The highest BCUT2D eigenvalue weighted by atomic mass is 32.1. The Morgan fingerprint density at radius 3 is 2.75 bits per heavy atom. The third-order valence-electron chi connectivity index (χ3n) is 5.06. The molecular weight excluding hydrogens is 372 g/mol. The van der Waals surface area contributed by atoms with Crippen LogP contribution in [0.1, 0.15) is 46.6 Å². The molecule has 1 heterocycles. The lowest BCUT2D eigenvalue weighted by molar-refractivity contribution is -0.885. The first kappa shape index (κ1) is 20.6. The Labute approximate surface area is 170 Å². The Morgan fingerprint density at radius 2 is 2.04 bits per heavy atom. The van der Waals surface area contributed by atoms with Crippen LogP contribution in [0.3, 0.4) is 0 Å². The van der Waals surface area contributed by atoms with Crippen LogP contribution in [0.25, 0.3) is 0 Å². The first-order chi connectivity index (χ1) is 13.5. The lowest BCUT2D eigenvalue weighted by Crippen LogP contribution is -3.08. The number of ether oxygens (including phenoxy) is 1. The first-order valence-electron chi connectivity index (χ1n) is 9.94. The standard InChI is InChI=1S/C22H28N2O3S/c1-4-27-22(26)20-17-11-10-15(2)12-18(17)28-21(20)23-19(25)14-24(3)13-16-8-6-5-7-9-16/h5-9,15H,4,10-14H2,1-3H3,(H,23,25)/p+1/t15-/m1/s1. The molecule has 1 amide bonds. The monoisotopic (exact) mass is 401 g/mol. The molecule has 1 aliphatic rings. The molecule has 1 unspecified atom stereocenters. The van der Waals surface area contributed by atoms with Crippen molar-refractivity contribution in [2.24, 2.45) is 5.92 Å². The van der Waals surface area contributed by atoms with Gasteiger partial charge in [0.15, 0.2) is 6.54 Å². The van der Waals surface area contributed by atoms with Crippen molar-refractivity contribution in [2.75, 3.05) is 25.5 Å². The number of benzene rings is 1. The molecule has 5 nitrogen and oxygen atoms in total. The predicted molar refractivity (Wildman–Crippen MR) is 112 cm³/mol. The largest absolute Gasteiger partial charge is 0.462 e. The molecule has 2 N–H and O–H groups in total. The Bertz CT molecular complexity index is 832. The molecule has 0 fully saturated rings. The maximum Gasteiger partial charge on any atom is 0.341 e. The SMILES string of the molecule is CCOC(=O)c1c(NC(=O)C[NH+](C)Cc2ccccc2)sc2c1CC[C@@H](C)C2. The zero-order valence-corrected chi connectivity index (χ0v) is 17.7. The molecule has 0 spiro atoms. The van der Waals surface area contributed by atoms with Crippen LogP contribution >= 0.6 is 11.3 Å². The van der Waals surface area contributed by atoms with Crippen molar-refractivity contribution in [2.45, 2.75) is 39.7 Å². The molecule has 0 bridgehead atoms. The maximum atomic E-state index is 12.6. The number of anilines is 1. The summed E-state index contributed by atoms with van der Waals surface area (Å²) in [6, 6.07) is 10.1. The number of carbonyl (C=O) groups excluding carboxylic acids is 2. The number of fused-ring (bicyclic) bond motifs is 1. The van der Waals surface area contributed by atoms with Crippen molar-refractivity contribution in [3.8, 4) is 0 Å².